The van der Waals surface area contributed by atoms with Crippen LogP contribution in [0.15, 0.2) is 38.8 Å². The van der Waals surface area contributed by atoms with Gasteiger partial charge in [-0.3, -0.25) is 9.48 Å². The maximum absolute atomic E-state index is 12.4. The van der Waals surface area contributed by atoms with Gasteiger partial charge < -0.3 is 14.4 Å². The van der Waals surface area contributed by atoms with E-state index in [0.717, 1.165) is 21.8 Å². The summed E-state index contributed by atoms with van der Waals surface area (Å²) >= 11 is 1.62. The van der Waals surface area contributed by atoms with Gasteiger partial charge in [-0.1, -0.05) is 16.4 Å². The first kappa shape index (κ1) is 18.2. The van der Waals surface area contributed by atoms with E-state index < -0.39 is 0 Å². The third kappa shape index (κ3) is 3.36. The lowest BCUT2D eigenvalue weighted by molar-refractivity contribution is 0.0950. The fourth-order valence-electron chi connectivity index (χ4n) is 3.07. The Kier molecular flexibility index (Phi) is 4.82. The van der Waals surface area contributed by atoms with Crippen LogP contribution in [0.3, 0.4) is 0 Å². The third-order valence-corrected chi connectivity index (χ3v) is 5.23. The van der Waals surface area contributed by atoms with E-state index in [0.29, 0.717) is 35.9 Å². The fourth-order valence-corrected chi connectivity index (χ4v) is 3.86. The highest BCUT2D eigenvalue weighted by atomic mass is 32.1. The average Bonchev–Trinajstić information content (AvgIpc) is 3.42. The molecule has 4 rings (SSSR count). The Balaban J connectivity index is 1.55. The number of hydrogen-bond acceptors (Lipinski definition) is 7. The molecule has 0 atom stereocenters. The van der Waals surface area contributed by atoms with E-state index in [2.05, 4.69) is 20.7 Å². The Morgan fingerprint density at radius 1 is 1.25 bits per heavy atom. The van der Waals surface area contributed by atoms with E-state index in [1.807, 2.05) is 35.2 Å². The van der Waals surface area contributed by atoms with Gasteiger partial charge in [0.25, 0.3) is 5.91 Å². The van der Waals surface area contributed by atoms with Crippen LogP contribution in [0, 0.1) is 20.8 Å². The van der Waals surface area contributed by atoms with Gasteiger partial charge in [-0.2, -0.15) is 5.10 Å². The van der Waals surface area contributed by atoms with Gasteiger partial charge in [0.05, 0.1) is 40.3 Å². The van der Waals surface area contributed by atoms with Crippen LogP contribution in [0.2, 0.25) is 0 Å². The summed E-state index contributed by atoms with van der Waals surface area (Å²) in [6, 6.07) is 5.91. The minimum absolute atomic E-state index is 0.202. The second-order valence-electron chi connectivity index (χ2n) is 6.39. The summed E-state index contributed by atoms with van der Waals surface area (Å²) in [6.45, 7) is 6.28. The van der Waals surface area contributed by atoms with Crippen LogP contribution in [0.1, 0.15) is 27.5 Å². The number of hydrogen-bond donors (Lipinski definition) is 1. The number of amides is 1. The second kappa shape index (κ2) is 7.43. The van der Waals surface area contributed by atoms with Crippen LogP contribution in [0.25, 0.3) is 21.9 Å². The quantitative estimate of drug-likeness (QED) is 0.534. The number of nitrogens with zero attached hydrogens (tertiary/aromatic N) is 4. The summed E-state index contributed by atoms with van der Waals surface area (Å²) < 4.78 is 12.4. The van der Waals surface area contributed by atoms with E-state index in [1.54, 1.807) is 31.4 Å². The molecular weight excluding hydrogens is 378 g/mol. The molecule has 0 saturated heterocycles. The normalized spacial score (nSPS) is 11.1. The van der Waals surface area contributed by atoms with E-state index in [1.165, 1.54) is 0 Å². The summed E-state index contributed by atoms with van der Waals surface area (Å²) in [5, 5.41) is 17.2. The SMILES string of the molecule is Cc1cc(-c2cnn(CCNC(=O)c3c(C)noc3C)c2-c2cccs2)on1. The van der Waals surface area contributed by atoms with Gasteiger partial charge in [0.1, 0.15) is 11.3 Å². The number of carbonyl (C=O) groups excluding carboxylic acids is 1. The van der Waals surface area contributed by atoms with Crippen LogP contribution in [0.4, 0.5) is 0 Å². The molecule has 0 fully saturated rings. The number of rotatable bonds is 6. The number of carbonyl (C=O) groups is 1. The molecule has 28 heavy (non-hydrogen) atoms. The molecule has 1 amide bonds. The molecule has 9 heteroatoms. The van der Waals surface area contributed by atoms with Crippen molar-refractivity contribution in [2.24, 2.45) is 0 Å². The first-order valence-electron chi connectivity index (χ1n) is 8.79. The van der Waals surface area contributed by atoms with Gasteiger partial charge in [0.2, 0.25) is 0 Å². The minimum Gasteiger partial charge on any atom is -0.361 e. The highest BCUT2D eigenvalue weighted by Crippen LogP contribution is 2.34. The molecule has 4 heterocycles. The van der Waals surface area contributed by atoms with Gasteiger partial charge in [-0.15, -0.1) is 11.3 Å². The van der Waals surface area contributed by atoms with E-state index in [-0.39, 0.29) is 5.91 Å². The molecule has 0 bridgehead atoms. The highest BCUT2D eigenvalue weighted by molar-refractivity contribution is 7.13. The zero-order valence-corrected chi connectivity index (χ0v) is 16.5. The molecule has 0 aliphatic carbocycles. The van der Waals surface area contributed by atoms with Crippen LogP contribution in [-0.2, 0) is 6.54 Å². The maximum Gasteiger partial charge on any atom is 0.256 e. The molecule has 4 aromatic heterocycles. The molecule has 0 radical (unpaired) electrons. The van der Waals surface area contributed by atoms with Gasteiger partial charge in [0, 0.05) is 12.6 Å². The Labute approximate surface area is 165 Å². The zero-order valence-electron chi connectivity index (χ0n) is 15.7. The van der Waals surface area contributed by atoms with Crippen molar-refractivity contribution in [1.29, 1.82) is 0 Å². The van der Waals surface area contributed by atoms with Crippen LogP contribution >= 0.6 is 11.3 Å². The van der Waals surface area contributed by atoms with Crippen LogP contribution in [-0.4, -0.2) is 32.5 Å². The molecule has 1 N–H and O–H groups in total. The molecule has 0 spiro atoms. The smallest absolute Gasteiger partial charge is 0.256 e. The molecule has 144 valence electrons. The first-order chi connectivity index (χ1) is 13.5. The lowest BCUT2D eigenvalue weighted by Gasteiger charge is -2.09. The maximum atomic E-state index is 12.4. The van der Waals surface area contributed by atoms with Gasteiger partial charge in [-0.25, -0.2) is 0 Å². The molecule has 0 unspecified atom stereocenters. The predicted molar refractivity (Wildman–Crippen MR) is 104 cm³/mol. The van der Waals surface area contributed by atoms with Gasteiger partial charge in [-0.05, 0) is 32.2 Å². The zero-order chi connectivity index (χ0) is 19.7. The topological polar surface area (TPSA) is 99.0 Å². The van der Waals surface area contributed by atoms with Crippen molar-refractivity contribution < 1.29 is 13.8 Å². The number of aromatic nitrogens is 4. The third-order valence-electron chi connectivity index (χ3n) is 4.36. The average molecular weight is 397 g/mol. The minimum atomic E-state index is -0.202. The predicted octanol–water partition coefficient (Wildman–Crippen LogP) is 3.61. The first-order valence-corrected chi connectivity index (χ1v) is 9.67. The van der Waals surface area contributed by atoms with Crippen molar-refractivity contribution in [3.05, 3.63) is 52.5 Å². The standard InChI is InChI=1S/C19H19N5O3S/c1-11-9-15(27-22-11)14-10-21-24(18(14)16-5-4-8-28-16)7-6-20-19(25)17-12(2)23-26-13(17)3/h4-5,8-10H,6-7H2,1-3H3,(H,20,25). The van der Waals surface area contributed by atoms with Crippen molar-refractivity contribution in [1.82, 2.24) is 25.4 Å². The summed E-state index contributed by atoms with van der Waals surface area (Å²) in [5.74, 6) is 0.982. The molecule has 0 saturated carbocycles. The van der Waals surface area contributed by atoms with Gasteiger partial charge >= 0.3 is 0 Å². The molecule has 0 aliphatic rings. The summed E-state index contributed by atoms with van der Waals surface area (Å²) in [6.07, 6.45) is 1.77. The van der Waals surface area contributed by atoms with Crippen LogP contribution in [0.5, 0.6) is 0 Å². The van der Waals surface area contributed by atoms with Crippen molar-refractivity contribution >= 4 is 17.2 Å². The van der Waals surface area contributed by atoms with E-state index in [4.69, 9.17) is 9.05 Å². The summed E-state index contributed by atoms with van der Waals surface area (Å²) in [5.41, 5.74) is 3.69. The van der Waals surface area contributed by atoms with E-state index in [9.17, 15) is 4.79 Å². The largest absolute Gasteiger partial charge is 0.361 e. The number of aryl methyl sites for hydroxylation is 3. The lowest BCUT2D eigenvalue weighted by atomic mass is 10.1. The van der Waals surface area contributed by atoms with Crippen molar-refractivity contribution in [3.8, 4) is 21.9 Å². The van der Waals surface area contributed by atoms with Crippen molar-refractivity contribution in [2.45, 2.75) is 27.3 Å². The Morgan fingerprint density at radius 3 is 2.75 bits per heavy atom. The molecule has 4 aromatic rings. The molecule has 0 aliphatic heterocycles. The van der Waals surface area contributed by atoms with Crippen molar-refractivity contribution in [3.63, 3.8) is 0 Å². The second-order valence-corrected chi connectivity index (χ2v) is 7.34. The van der Waals surface area contributed by atoms with Gasteiger partial charge in [0.15, 0.2) is 5.76 Å². The molecular formula is C19H19N5O3S. The Bertz CT molecular complexity index is 1090. The lowest BCUT2D eigenvalue weighted by Crippen LogP contribution is -2.28. The Morgan fingerprint density at radius 2 is 2.11 bits per heavy atom. The fraction of sp³-hybridized carbons (Fsp3) is 0.263. The summed E-state index contributed by atoms with van der Waals surface area (Å²) in [7, 11) is 0. The van der Waals surface area contributed by atoms with Crippen molar-refractivity contribution in [2.75, 3.05) is 6.54 Å². The highest BCUT2D eigenvalue weighted by Gasteiger charge is 2.20. The Hall–Kier alpha value is -3.20. The monoisotopic (exact) mass is 397 g/mol. The number of nitrogens with one attached hydrogen (secondary N) is 1. The number of thiophene rings is 1. The molecule has 8 nitrogen and oxygen atoms in total. The molecule has 0 aromatic carbocycles. The van der Waals surface area contributed by atoms with Crippen LogP contribution < -0.4 is 5.32 Å². The summed E-state index contributed by atoms with van der Waals surface area (Å²) in [4.78, 5) is 13.5. The van der Waals surface area contributed by atoms with E-state index >= 15 is 0 Å².